The van der Waals surface area contributed by atoms with Gasteiger partial charge in [-0.05, 0) is 36.9 Å². The number of unbranched alkanes of at least 4 members (excludes halogenated alkanes) is 1. The third-order valence-electron chi connectivity index (χ3n) is 3.26. The van der Waals surface area contributed by atoms with Crippen LogP contribution in [0.3, 0.4) is 0 Å². The van der Waals surface area contributed by atoms with Crippen LogP contribution in [0.15, 0.2) is 41.3 Å². The number of hydrogen-bond donors (Lipinski definition) is 1. The molecule has 3 nitrogen and oxygen atoms in total. The van der Waals surface area contributed by atoms with Gasteiger partial charge in [0.2, 0.25) is 0 Å². The second kappa shape index (κ2) is 6.53. The Labute approximate surface area is 114 Å². The topological polar surface area (TPSA) is 34.0 Å². The van der Waals surface area contributed by atoms with Gasteiger partial charge in [-0.1, -0.05) is 32.0 Å². The summed E-state index contributed by atoms with van der Waals surface area (Å²) in [5.41, 5.74) is 0.120. The lowest BCUT2D eigenvalue weighted by Gasteiger charge is -2.09. The molecule has 0 saturated carbocycles. The highest BCUT2D eigenvalue weighted by molar-refractivity contribution is 5.81. The predicted molar refractivity (Wildman–Crippen MR) is 80.6 cm³/mol. The van der Waals surface area contributed by atoms with Gasteiger partial charge < -0.3 is 9.88 Å². The molecule has 0 spiro atoms. The van der Waals surface area contributed by atoms with Crippen LogP contribution in [0.2, 0.25) is 0 Å². The van der Waals surface area contributed by atoms with Crippen LogP contribution in [0.4, 0.5) is 0 Å². The summed E-state index contributed by atoms with van der Waals surface area (Å²) in [6, 6.07) is 10.3. The Morgan fingerprint density at radius 1 is 1.16 bits per heavy atom. The largest absolute Gasteiger partial charge is 0.315 e. The summed E-state index contributed by atoms with van der Waals surface area (Å²) in [5.74, 6) is 0. The number of rotatable bonds is 6. The lowest BCUT2D eigenvalue weighted by Crippen LogP contribution is -2.24. The van der Waals surface area contributed by atoms with Gasteiger partial charge in [-0.25, -0.2) is 0 Å². The number of aryl methyl sites for hydroxylation is 1. The molecule has 19 heavy (non-hydrogen) atoms. The van der Waals surface area contributed by atoms with Gasteiger partial charge in [0, 0.05) is 24.2 Å². The molecule has 0 fully saturated rings. The molecule has 102 valence electrons. The molecule has 0 radical (unpaired) electrons. The highest BCUT2D eigenvalue weighted by Crippen LogP contribution is 2.08. The van der Waals surface area contributed by atoms with Crippen molar-refractivity contribution in [3.05, 3.63) is 46.9 Å². The maximum atomic E-state index is 12.2. The molecule has 1 heterocycles. The maximum Gasteiger partial charge on any atom is 0.258 e. The van der Waals surface area contributed by atoms with Gasteiger partial charge in [0.1, 0.15) is 0 Å². The molecule has 1 N–H and O–H groups in total. The fourth-order valence-electron chi connectivity index (χ4n) is 2.20. The molecule has 3 heteroatoms. The molecule has 0 aliphatic heterocycles. The first-order valence-electron chi connectivity index (χ1n) is 7.00. The number of benzene rings is 1. The Morgan fingerprint density at radius 3 is 2.74 bits per heavy atom. The smallest absolute Gasteiger partial charge is 0.258 e. The highest BCUT2D eigenvalue weighted by atomic mass is 16.1. The van der Waals surface area contributed by atoms with E-state index in [0.717, 1.165) is 36.7 Å². The fraction of sp³-hybridized carbons (Fsp3) is 0.438. The molecule has 0 saturated heterocycles. The molecule has 0 unspecified atom stereocenters. The summed E-state index contributed by atoms with van der Waals surface area (Å²) < 4.78 is 1.82. The molecule has 0 amide bonds. The third kappa shape index (κ3) is 3.67. The van der Waals surface area contributed by atoms with Crippen molar-refractivity contribution >= 4 is 10.8 Å². The number of pyridine rings is 1. The normalized spacial score (nSPS) is 11.3. The van der Waals surface area contributed by atoms with Crippen molar-refractivity contribution in [2.45, 2.75) is 39.3 Å². The summed E-state index contributed by atoms with van der Waals surface area (Å²) in [4.78, 5) is 12.2. The van der Waals surface area contributed by atoms with Crippen molar-refractivity contribution in [1.29, 1.82) is 0 Å². The summed E-state index contributed by atoms with van der Waals surface area (Å²) >= 11 is 0. The van der Waals surface area contributed by atoms with Crippen molar-refractivity contribution in [3.63, 3.8) is 0 Å². The third-order valence-corrected chi connectivity index (χ3v) is 3.26. The van der Waals surface area contributed by atoms with Crippen LogP contribution in [0, 0.1) is 0 Å². The molecule has 0 bridgehead atoms. The van der Waals surface area contributed by atoms with Gasteiger partial charge in [0.15, 0.2) is 0 Å². The minimum atomic E-state index is 0.120. The minimum Gasteiger partial charge on any atom is -0.315 e. The van der Waals surface area contributed by atoms with E-state index in [0.29, 0.717) is 6.04 Å². The van der Waals surface area contributed by atoms with E-state index in [2.05, 4.69) is 19.2 Å². The molecule has 0 aliphatic carbocycles. The van der Waals surface area contributed by atoms with E-state index in [9.17, 15) is 4.79 Å². The van der Waals surface area contributed by atoms with Crippen molar-refractivity contribution in [3.8, 4) is 0 Å². The highest BCUT2D eigenvalue weighted by Gasteiger charge is 2.01. The minimum absolute atomic E-state index is 0.120. The Balaban J connectivity index is 1.98. The number of nitrogens with one attached hydrogen (secondary N) is 1. The Hall–Kier alpha value is -1.61. The average molecular weight is 258 g/mol. The van der Waals surface area contributed by atoms with Gasteiger partial charge in [-0.3, -0.25) is 4.79 Å². The first kappa shape index (κ1) is 13.8. The van der Waals surface area contributed by atoms with E-state index in [1.54, 1.807) is 0 Å². The van der Waals surface area contributed by atoms with Crippen LogP contribution in [-0.4, -0.2) is 17.2 Å². The van der Waals surface area contributed by atoms with Gasteiger partial charge in [-0.15, -0.1) is 0 Å². The Morgan fingerprint density at radius 2 is 1.95 bits per heavy atom. The second-order valence-electron chi connectivity index (χ2n) is 5.22. The number of nitrogens with zero attached hydrogens (tertiary/aromatic N) is 1. The number of aromatic nitrogens is 1. The van der Waals surface area contributed by atoms with Gasteiger partial charge in [0.25, 0.3) is 5.56 Å². The molecular weight excluding hydrogens is 236 g/mol. The van der Waals surface area contributed by atoms with Crippen LogP contribution in [-0.2, 0) is 6.54 Å². The zero-order valence-electron chi connectivity index (χ0n) is 11.7. The van der Waals surface area contributed by atoms with Crippen LogP contribution in [0.25, 0.3) is 10.8 Å². The Bertz CT molecular complexity index is 587. The summed E-state index contributed by atoms with van der Waals surface area (Å²) in [6.45, 7) is 6.10. The average Bonchev–Trinajstić information content (AvgIpc) is 2.41. The second-order valence-corrected chi connectivity index (χ2v) is 5.22. The van der Waals surface area contributed by atoms with Gasteiger partial charge in [-0.2, -0.15) is 0 Å². The lowest BCUT2D eigenvalue weighted by atomic mass is 10.2. The fourth-order valence-corrected chi connectivity index (χ4v) is 2.20. The molecule has 0 atom stereocenters. The van der Waals surface area contributed by atoms with E-state index in [4.69, 9.17) is 0 Å². The first-order valence-corrected chi connectivity index (χ1v) is 7.00. The monoisotopic (exact) mass is 258 g/mol. The van der Waals surface area contributed by atoms with Gasteiger partial charge >= 0.3 is 0 Å². The molecule has 2 rings (SSSR count). The van der Waals surface area contributed by atoms with Crippen molar-refractivity contribution in [2.24, 2.45) is 0 Å². The van der Waals surface area contributed by atoms with Crippen molar-refractivity contribution < 1.29 is 0 Å². The number of hydrogen-bond acceptors (Lipinski definition) is 2. The van der Waals surface area contributed by atoms with Crippen molar-refractivity contribution in [1.82, 2.24) is 9.88 Å². The molecule has 1 aromatic carbocycles. The molecule has 1 aromatic heterocycles. The van der Waals surface area contributed by atoms with Gasteiger partial charge in [0.05, 0.1) is 0 Å². The molecule has 0 aliphatic rings. The zero-order chi connectivity index (χ0) is 13.7. The zero-order valence-corrected chi connectivity index (χ0v) is 11.7. The predicted octanol–water partition coefficient (Wildman–Crippen LogP) is 2.78. The standard InChI is InChI=1S/C16H22N2O/c1-13(2)17-10-5-6-11-18-12-9-14-7-3-4-8-15(14)16(18)19/h3-4,7-9,12-13,17H,5-6,10-11H2,1-2H3. The van der Waals surface area contributed by atoms with Crippen LogP contribution < -0.4 is 10.9 Å². The van der Waals surface area contributed by atoms with E-state index in [1.807, 2.05) is 41.1 Å². The molecular formula is C16H22N2O. The summed E-state index contributed by atoms with van der Waals surface area (Å²) in [6.07, 6.45) is 4.02. The summed E-state index contributed by atoms with van der Waals surface area (Å²) in [5, 5.41) is 5.22. The van der Waals surface area contributed by atoms with E-state index < -0.39 is 0 Å². The van der Waals surface area contributed by atoms with Crippen molar-refractivity contribution in [2.75, 3.05) is 6.54 Å². The summed E-state index contributed by atoms with van der Waals surface area (Å²) in [7, 11) is 0. The van der Waals surface area contributed by atoms with Crippen LogP contribution >= 0.6 is 0 Å². The first-order chi connectivity index (χ1) is 9.18. The lowest BCUT2D eigenvalue weighted by molar-refractivity contribution is 0.527. The Kier molecular flexibility index (Phi) is 4.74. The van der Waals surface area contributed by atoms with E-state index in [1.165, 1.54) is 0 Å². The number of fused-ring (bicyclic) bond motifs is 1. The van der Waals surface area contributed by atoms with E-state index >= 15 is 0 Å². The molecule has 2 aromatic rings. The van der Waals surface area contributed by atoms with Crippen LogP contribution in [0.1, 0.15) is 26.7 Å². The SMILES string of the molecule is CC(C)NCCCCn1ccc2ccccc2c1=O. The quantitative estimate of drug-likeness (QED) is 0.808. The van der Waals surface area contributed by atoms with Crippen LogP contribution in [0.5, 0.6) is 0 Å². The van der Waals surface area contributed by atoms with E-state index in [-0.39, 0.29) is 5.56 Å². The maximum absolute atomic E-state index is 12.2.